The van der Waals surface area contributed by atoms with Gasteiger partial charge in [0.25, 0.3) is 0 Å². The Bertz CT molecular complexity index is 846. The van der Waals surface area contributed by atoms with Gasteiger partial charge in [-0.2, -0.15) is 0 Å². The van der Waals surface area contributed by atoms with Gasteiger partial charge in [0.15, 0.2) is 23.0 Å². The summed E-state index contributed by atoms with van der Waals surface area (Å²) in [5.74, 6) is 2.74. The molecule has 0 aromatic heterocycles. The molecule has 0 saturated carbocycles. The lowest BCUT2D eigenvalue weighted by Gasteiger charge is -2.26. The Morgan fingerprint density at radius 2 is 1.80 bits per heavy atom. The molecule has 1 N–H and O–H groups in total. The minimum absolute atomic E-state index is 0.0299. The first-order valence-corrected chi connectivity index (χ1v) is 8.12. The number of methoxy groups -OCH3 is 2. The summed E-state index contributed by atoms with van der Waals surface area (Å²) in [6.07, 6.45) is 1.70. The third-order valence-electron chi connectivity index (χ3n) is 4.82. The number of hydrogen-bond acceptors (Lipinski definition) is 6. The quantitative estimate of drug-likeness (QED) is 0.685. The van der Waals surface area contributed by atoms with Gasteiger partial charge >= 0.3 is 0 Å². The minimum Gasteiger partial charge on any atom is -0.493 e. The van der Waals surface area contributed by atoms with Crippen LogP contribution in [0.15, 0.2) is 35.5 Å². The molecule has 2 aromatic carbocycles. The first-order valence-electron chi connectivity index (χ1n) is 8.12. The second-order valence-electron chi connectivity index (χ2n) is 6.05. The first-order chi connectivity index (χ1) is 12.2. The lowest BCUT2D eigenvalue weighted by molar-refractivity contribution is 0.174. The Morgan fingerprint density at radius 3 is 2.52 bits per heavy atom. The molecule has 2 aliphatic rings. The van der Waals surface area contributed by atoms with Crippen LogP contribution in [0.2, 0.25) is 0 Å². The van der Waals surface area contributed by atoms with Crippen LogP contribution < -0.4 is 18.9 Å². The number of hydrogen-bond donors (Lipinski definition) is 1. The van der Waals surface area contributed by atoms with Crippen molar-refractivity contribution in [1.82, 2.24) is 0 Å². The van der Waals surface area contributed by atoms with Crippen LogP contribution in [0, 0.1) is 0 Å². The van der Waals surface area contributed by atoms with E-state index in [9.17, 15) is 5.21 Å². The van der Waals surface area contributed by atoms with Gasteiger partial charge in [0.05, 0.1) is 19.9 Å². The number of aryl methyl sites for hydroxylation is 1. The normalized spacial score (nSPS) is 19.6. The van der Waals surface area contributed by atoms with Crippen molar-refractivity contribution in [3.05, 3.63) is 47.0 Å². The van der Waals surface area contributed by atoms with Crippen LogP contribution in [0.4, 0.5) is 0 Å². The molecule has 6 heteroatoms. The fourth-order valence-corrected chi connectivity index (χ4v) is 3.57. The van der Waals surface area contributed by atoms with Gasteiger partial charge in [-0.05, 0) is 48.2 Å². The highest BCUT2D eigenvalue weighted by Crippen LogP contribution is 2.42. The molecule has 0 amide bonds. The molecule has 1 heterocycles. The summed E-state index contributed by atoms with van der Waals surface area (Å²) < 4.78 is 21.6. The average Bonchev–Trinajstić information content (AvgIpc) is 3.12. The van der Waals surface area contributed by atoms with Gasteiger partial charge in [-0.3, -0.25) is 0 Å². The van der Waals surface area contributed by atoms with E-state index in [2.05, 4.69) is 5.16 Å². The average molecular weight is 341 g/mol. The molecule has 1 unspecified atom stereocenters. The molecule has 130 valence electrons. The molecule has 4 rings (SSSR count). The van der Waals surface area contributed by atoms with Crippen molar-refractivity contribution < 1.29 is 24.2 Å². The van der Waals surface area contributed by atoms with E-state index in [4.69, 9.17) is 18.9 Å². The van der Waals surface area contributed by atoms with Gasteiger partial charge in [0, 0.05) is 11.5 Å². The van der Waals surface area contributed by atoms with E-state index in [0.29, 0.717) is 23.0 Å². The van der Waals surface area contributed by atoms with Gasteiger partial charge in [-0.25, -0.2) is 0 Å². The molecule has 0 radical (unpaired) electrons. The summed E-state index contributed by atoms with van der Waals surface area (Å²) in [6.45, 7) is 0.225. The summed E-state index contributed by atoms with van der Waals surface area (Å²) in [4.78, 5) is 0. The Morgan fingerprint density at radius 1 is 1.04 bits per heavy atom. The molecule has 1 aliphatic carbocycles. The molecule has 1 atom stereocenters. The number of fused-ring (bicyclic) bond motifs is 2. The number of benzene rings is 2. The number of oxime groups is 1. The van der Waals surface area contributed by atoms with Crippen LogP contribution in [0.3, 0.4) is 0 Å². The van der Waals surface area contributed by atoms with E-state index in [0.717, 1.165) is 35.3 Å². The summed E-state index contributed by atoms with van der Waals surface area (Å²) in [5.41, 5.74) is 3.66. The zero-order valence-corrected chi connectivity index (χ0v) is 14.1. The third kappa shape index (κ3) is 2.54. The van der Waals surface area contributed by atoms with Crippen LogP contribution in [-0.4, -0.2) is 31.9 Å². The molecule has 1 aliphatic heterocycles. The standard InChI is InChI=1S/C19H19NO5/c1-22-15-6-4-11(7-16(15)23-2)13-5-3-12-8-17-18(25-10-24-17)9-14(12)19(13)20-21/h4,6-9,13,21H,3,5,10H2,1-2H3. The van der Waals surface area contributed by atoms with E-state index >= 15 is 0 Å². The van der Waals surface area contributed by atoms with Crippen LogP contribution in [0.5, 0.6) is 23.0 Å². The Hall–Kier alpha value is -2.89. The zero-order chi connectivity index (χ0) is 17.4. The maximum atomic E-state index is 9.71. The van der Waals surface area contributed by atoms with Gasteiger partial charge in [0.1, 0.15) is 0 Å². The SMILES string of the molecule is COc1ccc(C2CCc3cc4c(cc3C2=NO)OCO4)cc1OC. The molecule has 2 aromatic rings. The summed E-state index contributed by atoms with van der Waals surface area (Å²) in [6, 6.07) is 9.67. The predicted molar refractivity (Wildman–Crippen MR) is 91.5 cm³/mol. The van der Waals surface area contributed by atoms with E-state index < -0.39 is 0 Å². The number of nitrogens with zero attached hydrogens (tertiary/aromatic N) is 1. The highest BCUT2D eigenvalue weighted by Gasteiger charge is 2.30. The van der Waals surface area contributed by atoms with Crippen molar-refractivity contribution in [1.29, 1.82) is 0 Å². The maximum absolute atomic E-state index is 9.71. The topological polar surface area (TPSA) is 69.5 Å². The smallest absolute Gasteiger partial charge is 0.231 e. The van der Waals surface area contributed by atoms with Gasteiger partial charge < -0.3 is 24.2 Å². The van der Waals surface area contributed by atoms with Gasteiger partial charge in [-0.15, -0.1) is 0 Å². The van der Waals surface area contributed by atoms with Crippen molar-refractivity contribution in [3.63, 3.8) is 0 Å². The van der Waals surface area contributed by atoms with Crippen LogP contribution in [0.25, 0.3) is 0 Å². The fourth-order valence-electron chi connectivity index (χ4n) is 3.57. The lowest BCUT2D eigenvalue weighted by atomic mass is 9.78. The Labute approximate surface area is 145 Å². The van der Waals surface area contributed by atoms with Gasteiger partial charge in [0.2, 0.25) is 6.79 Å². The monoisotopic (exact) mass is 341 g/mol. The van der Waals surface area contributed by atoms with Crippen molar-refractivity contribution in [2.24, 2.45) is 5.16 Å². The molecular formula is C19H19NO5. The molecule has 25 heavy (non-hydrogen) atoms. The molecule has 0 spiro atoms. The Kier molecular flexibility index (Phi) is 3.87. The molecule has 0 bridgehead atoms. The van der Waals surface area contributed by atoms with Crippen molar-refractivity contribution in [2.45, 2.75) is 18.8 Å². The van der Waals surface area contributed by atoms with Crippen molar-refractivity contribution in [2.75, 3.05) is 21.0 Å². The van der Waals surface area contributed by atoms with Crippen molar-refractivity contribution >= 4 is 5.71 Å². The van der Waals surface area contributed by atoms with Gasteiger partial charge in [-0.1, -0.05) is 11.2 Å². The first kappa shape index (κ1) is 15.6. The second kappa shape index (κ2) is 6.20. The fraction of sp³-hybridized carbons (Fsp3) is 0.316. The highest BCUT2D eigenvalue weighted by atomic mass is 16.7. The number of rotatable bonds is 3. The van der Waals surface area contributed by atoms with Crippen LogP contribution >= 0.6 is 0 Å². The predicted octanol–water partition coefficient (Wildman–Crippen LogP) is 3.34. The summed E-state index contributed by atoms with van der Waals surface area (Å²) in [5, 5.41) is 13.3. The largest absolute Gasteiger partial charge is 0.493 e. The Balaban J connectivity index is 1.75. The van der Waals surface area contributed by atoms with Crippen LogP contribution in [-0.2, 0) is 6.42 Å². The van der Waals surface area contributed by atoms with E-state index in [1.54, 1.807) is 14.2 Å². The van der Waals surface area contributed by atoms with E-state index in [1.165, 1.54) is 0 Å². The molecule has 0 saturated heterocycles. The number of ether oxygens (including phenoxy) is 4. The molecular weight excluding hydrogens is 322 g/mol. The second-order valence-corrected chi connectivity index (χ2v) is 6.05. The highest BCUT2D eigenvalue weighted by molar-refractivity contribution is 6.07. The van der Waals surface area contributed by atoms with Crippen LogP contribution in [0.1, 0.15) is 29.0 Å². The minimum atomic E-state index is -0.0299. The molecule has 6 nitrogen and oxygen atoms in total. The maximum Gasteiger partial charge on any atom is 0.231 e. The zero-order valence-electron chi connectivity index (χ0n) is 14.1. The molecule has 0 fully saturated rings. The van der Waals surface area contributed by atoms with E-state index in [1.807, 2.05) is 30.3 Å². The van der Waals surface area contributed by atoms with Crippen molar-refractivity contribution in [3.8, 4) is 23.0 Å². The third-order valence-corrected chi connectivity index (χ3v) is 4.82. The van der Waals surface area contributed by atoms with E-state index in [-0.39, 0.29) is 12.7 Å². The summed E-state index contributed by atoms with van der Waals surface area (Å²) in [7, 11) is 3.22. The lowest BCUT2D eigenvalue weighted by Crippen LogP contribution is -2.22. The summed E-state index contributed by atoms with van der Waals surface area (Å²) >= 11 is 0.